The molecule has 1 N–H and O–H groups in total. The van der Waals surface area contributed by atoms with E-state index in [2.05, 4.69) is 11.9 Å². The van der Waals surface area contributed by atoms with Crippen molar-refractivity contribution < 1.29 is 12.8 Å². The fourth-order valence-electron chi connectivity index (χ4n) is 1.81. The molecule has 0 bridgehead atoms. The number of benzene rings is 1. The monoisotopic (exact) mass is 300 g/mol. The van der Waals surface area contributed by atoms with Crippen molar-refractivity contribution in [2.75, 3.05) is 20.6 Å². The summed E-state index contributed by atoms with van der Waals surface area (Å²) in [6.07, 6.45) is 3.12. The fraction of sp³-hybridized carbons (Fsp3) is 0.429. The number of rotatable bonds is 8. The van der Waals surface area contributed by atoms with Gasteiger partial charge < -0.3 is 5.32 Å². The molecule has 112 valence electrons. The summed E-state index contributed by atoms with van der Waals surface area (Å²) < 4.78 is 39.7. The lowest BCUT2D eigenvalue weighted by molar-refractivity contribution is 0.456. The average Bonchev–Trinajstić information content (AvgIpc) is 2.39. The van der Waals surface area contributed by atoms with Gasteiger partial charge in [-0.1, -0.05) is 12.1 Å². The second kappa shape index (κ2) is 7.52. The first kappa shape index (κ1) is 16.8. The van der Waals surface area contributed by atoms with Crippen molar-refractivity contribution in [3.05, 3.63) is 42.2 Å². The van der Waals surface area contributed by atoms with Crippen LogP contribution in [0.2, 0.25) is 0 Å². The fourth-order valence-corrected chi connectivity index (χ4v) is 3.06. The second-order valence-electron chi connectivity index (χ2n) is 4.55. The van der Waals surface area contributed by atoms with Gasteiger partial charge in [-0.3, -0.25) is 0 Å². The first-order chi connectivity index (χ1) is 9.43. The summed E-state index contributed by atoms with van der Waals surface area (Å²) in [5.74, 6) is -0.715. The third-order valence-corrected chi connectivity index (χ3v) is 4.84. The average molecular weight is 300 g/mol. The SMILES string of the molecule is C=CCCCN(C)S(=O)(=O)c1ccc(CNC)cc1F. The molecule has 0 aliphatic heterocycles. The summed E-state index contributed by atoms with van der Waals surface area (Å²) in [5, 5.41) is 2.89. The van der Waals surface area contributed by atoms with Crippen LogP contribution < -0.4 is 5.32 Å². The van der Waals surface area contributed by atoms with Gasteiger partial charge in [-0.2, -0.15) is 0 Å². The molecule has 1 aromatic rings. The molecule has 0 saturated carbocycles. The van der Waals surface area contributed by atoms with Gasteiger partial charge in [-0.15, -0.1) is 6.58 Å². The molecule has 0 heterocycles. The predicted octanol–water partition coefficient (Wildman–Crippen LogP) is 2.13. The zero-order valence-corrected chi connectivity index (χ0v) is 12.7. The van der Waals surface area contributed by atoms with E-state index in [-0.39, 0.29) is 4.90 Å². The van der Waals surface area contributed by atoms with Crippen LogP contribution in [0.25, 0.3) is 0 Å². The van der Waals surface area contributed by atoms with Crippen molar-refractivity contribution in [2.24, 2.45) is 0 Å². The highest BCUT2D eigenvalue weighted by molar-refractivity contribution is 7.89. The molecule has 0 radical (unpaired) electrons. The molecule has 20 heavy (non-hydrogen) atoms. The molecule has 0 fully saturated rings. The van der Waals surface area contributed by atoms with Gasteiger partial charge in [0.05, 0.1) is 0 Å². The Bertz CT molecular complexity index is 558. The van der Waals surface area contributed by atoms with Crippen molar-refractivity contribution in [1.29, 1.82) is 0 Å². The summed E-state index contributed by atoms with van der Waals surface area (Å²) in [6.45, 7) is 4.42. The van der Waals surface area contributed by atoms with Crippen molar-refractivity contribution in [1.82, 2.24) is 9.62 Å². The van der Waals surface area contributed by atoms with Gasteiger partial charge in [-0.25, -0.2) is 17.1 Å². The van der Waals surface area contributed by atoms with E-state index in [4.69, 9.17) is 0 Å². The number of allylic oxidation sites excluding steroid dienone is 1. The van der Waals surface area contributed by atoms with Gasteiger partial charge in [-0.05, 0) is 37.6 Å². The highest BCUT2D eigenvalue weighted by Gasteiger charge is 2.24. The molecule has 6 heteroatoms. The number of nitrogens with zero attached hydrogens (tertiary/aromatic N) is 1. The predicted molar refractivity (Wildman–Crippen MR) is 78.4 cm³/mol. The van der Waals surface area contributed by atoms with E-state index in [9.17, 15) is 12.8 Å². The summed E-state index contributed by atoms with van der Waals surface area (Å²) in [5.41, 5.74) is 0.707. The number of hydrogen-bond acceptors (Lipinski definition) is 3. The molecule has 0 amide bonds. The summed E-state index contributed by atoms with van der Waals surface area (Å²) in [4.78, 5) is -0.279. The molecular formula is C14H21FN2O2S. The maximum atomic E-state index is 14.0. The first-order valence-corrected chi connectivity index (χ1v) is 7.87. The van der Waals surface area contributed by atoms with Crippen LogP contribution in [0.5, 0.6) is 0 Å². The standard InChI is InChI=1S/C14H21FN2O2S/c1-4-5-6-9-17(3)20(18,19)14-8-7-12(11-16-2)10-13(14)15/h4,7-8,10,16H,1,5-6,9,11H2,2-3H3. The molecule has 0 unspecified atom stereocenters. The lowest BCUT2D eigenvalue weighted by Gasteiger charge is -2.17. The van der Waals surface area contributed by atoms with Gasteiger partial charge in [0.25, 0.3) is 0 Å². The van der Waals surface area contributed by atoms with Gasteiger partial charge in [0.1, 0.15) is 10.7 Å². The maximum Gasteiger partial charge on any atom is 0.245 e. The molecule has 4 nitrogen and oxygen atoms in total. The number of hydrogen-bond donors (Lipinski definition) is 1. The third-order valence-electron chi connectivity index (χ3n) is 2.95. The molecule has 0 atom stereocenters. The normalized spacial score (nSPS) is 11.8. The lowest BCUT2D eigenvalue weighted by atomic mass is 10.2. The minimum Gasteiger partial charge on any atom is -0.316 e. The Labute approximate surface area is 120 Å². The van der Waals surface area contributed by atoms with E-state index in [0.717, 1.165) is 6.42 Å². The molecular weight excluding hydrogens is 279 g/mol. The second-order valence-corrected chi connectivity index (χ2v) is 6.57. The van der Waals surface area contributed by atoms with Crippen molar-refractivity contribution in [3.8, 4) is 0 Å². The molecule has 0 aliphatic carbocycles. The van der Waals surface area contributed by atoms with E-state index < -0.39 is 15.8 Å². The van der Waals surface area contributed by atoms with E-state index in [0.29, 0.717) is 25.1 Å². The molecule has 0 saturated heterocycles. The van der Waals surface area contributed by atoms with Crippen molar-refractivity contribution in [3.63, 3.8) is 0 Å². The van der Waals surface area contributed by atoms with Crippen LogP contribution in [-0.4, -0.2) is 33.4 Å². The quantitative estimate of drug-likeness (QED) is 0.591. The number of nitrogens with one attached hydrogen (secondary N) is 1. The lowest BCUT2D eigenvalue weighted by Crippen LogP contribution is -2.28. The van der Waals surface area contributed by atoms with Crippen LogP contribution in [0.15, 0.2) is 35.7 Å². The summed E-state index contributed by atoms with van der Waals surface area (Å²) >= 11 is 0. The van der Waals surface area contributed by atoms with Crippen molar-refractivity contribution >= 4 is 10.0 Å². The van der Waals surface area contributed by atoms with E-state index >= 15 is 0 Å². The number of sulfonamides is 1. The highest BCUT2D eigenvalue weighted by atomic mass is 32.2. The van der Waals surface area contributed by atoms with Crippen LogP contribution in [0, 0.1) is 5.82 Å². The Morgan fingerprint density at radius 2 is 2.15 bits per heavy atom. The van der Waals surface area contributed by atoms with Crippen LogP contribution in [-0.2, 0) is 16.6 Å². The zero-order chi connectivity index (χ0) is 15.2. The number of unbranched alkanes of at least 4 members (excludes halogenated alkanes) is 1. The Kier molecular flexibility index (Phi) is 6.32. The molecule has 1 aromatic carbocycles. The molecule has 0 aromatic heterocycles. The molecule has 1 rings (SSSR count). The van der Waals surface area contributed by atoms with Crippen LogP contribution in [0.3, 0.4) is 0 Å². The third kappa shape index (κ3) is 4.13. The van der Waals surface area contributed by atoms with Crippen LogP contribution in [0.4, 0.5) is 4.39 Å². The Morgan fingerprint density at radius 1 is 1.45 bits per heavy atom. The minimum atomic E-state index is -3.78. The van der Waals surface area contributed by atoms with Gasteiger partial charge in [0.15, 0.2) is 0 Å². The maximum absolute atomic E-state index is 14.0. The minimum absolute atomic E-state index is 0.279. The smallest absolute Gasteiger partial charge is 0.245 e. The van der Waals surface area contributed by atoms with Crippen LogP contribution in [0.1, 0.15) is 18.4 Å². The van der Waals surface area contributed by atoms with Crippen molar-refractivity contribution in [2.45, 2.75) is 24.3 Å². The molecule has 0 spiro atoms. The summed E-state index contributed by atoms with van der Waals surface area (Å²) in [6, 6.07) is 4.19. The Hall–Kier alpha value is -1.24. The highest BCUT2D eigenvalue weighted by Crippen LogP contribution is 2.20. The summed E-state index contributed by atoms with van der Waals surface area (Å²) in [7, 11) is -0.575. The van der Waals surface area contributed by atoms with Crippen LogP contribution >= 0.6 is 0 Å². The van der Waals surface area contributed by atoms with E-state index in [1.165, 1.54) is 23.5 Å². The Morgan fingerprint density at radius 3 is 2.70 bits per heavy atom. The number of halogens is 1. The molecule has 0 aliphatic rings. The first-order valence-electron chi connectivity index (χ1n) is 6.43. The zero-order valence-electron chi connectivity index (χ0n) is 11.9. The van der Waals surface area contributed by atoms with E-state index in [1.807, 2.05) is 0 Å². The van der Waals surface area contributed by atoms with Gasteiger partial charge in [0, 0.05) is 20.1 Å². The van der Waals surface area contributed by atoms with Gasteiger partial charge >= 0.3 is 0 Å². The largest absolute Gasteiger partial charge is 0.316 e. The Balaban J connectivity index is 2.94. The topological polar surface area (TPSA) is 49.4 Å². The van der Waals surface area contributed by atoms with Gasteiger partial charge in [0.2, 0.25) is 10.0 Å². The van der Waals surface area contributed by atoms with E-state index in [1.54, 1.807) is 19.2 Å².